The van der Waals surface area contributed by atoms with Gasteiger partial charge in [-0.05, 0) is 48.6 Å². The minimum Gasteiger partial charge on any atom is -0.457 e. The molecule has 0 bridgehead atoms. The second-order valence-electron chi connectivity index (χ2n) is 6.02. The zero-order valence-corrected chi connectivity index (χ0v) is 15.8. The van der Waals surface area contributed by atoms with E-state index in [1.807, 2.05) is 43.3 Å². The fourth-order valence-corrected chi connectivity index (χ4v) is 4.87. The van der Waals surface area contributed by atoms with Crippen LogP contribution in [0.2, 0.25) is 0 Å². The molecule has 0 aliphatic carbocycles. The molecule has 0 saturated carbocycles. The van der Waals surface area contributed by atoms with Gasteiger partial charge in [-0.1, -0.05) is 37.3 Å². The van der Waals surface area contributed by atoms with Crippen LogP contribution in [0.4, 0.5) is 0 Å². The van der Waals surface area contributed by atoms with E-state index in [0.29, 0.717) is 11.5 Å². The van der Waals surface area contributed by atoms with Crippen LogP contribution in [0.3, 0.4) is 0 Å². The highest BCUT2D eigenvalue weighted by molar-refractivity contribution is 7.93. The van der Waals surface area contributed by atoms with Crippen molar-refractivity contribution in [2.75, 3.05) is 0 Å². The van der Waals surface area contributed by atoms with Crippen LogP contribution < -0.4 is 4.74 Å². The SMILES string of the molecule is CC(CCC(P(=O)(O)O)S(=O)(=O)O)c1cccc(Oc2ccccc2)c1. The molecule has 2 aromatic rings. The Morgan fingerprint density at radius 3 is 2.19 bits per heavy atom. The van der Waals surface area contributed by atoms with Crippen LogP contribution in [0.25, 0.3) is 0 Å². The Morgan fingerprint density at radius 2 is 1.62 bits per heavy atom. The first-order valence-electron chi connectivity index (χ1n) is 7.92. The van der Waals surface area contributed by atoms with E-state index in [2.05, 4.69) is 0 Å². The minimum absolute atomic E-state index is 0.171. The first kappa shape index (κ1) is 20.6. The number of ether oxygens (including phenoxy) is 1. The van der Waals surface area contributed by atoms with Crippen molar-refractivity contribution in [3.63, 3.8) is 0 Å². The number of benzene rings is 2. The summed E-state index contributed by atoms with van der Waals surface area (Å²) < 4.78 is 48.6. The van der Waals surface area contributed by atoms with Gasteiger partial charge in [0.1, 0.15) is 11.5 Å². The minimum atomic E-state index is -4.96. The van der Waals surface area contributed by atoms with Gasteiger partial charge in [-0.3, -0.25) is 9.12 Å². The summed E-state index contributed by atoms with van der Waals surface area (Å²) in [5, 5.41) is 0. The third-order valence-electron chi connectivity index (χ3n) is 3.97. The summed E-state index contributed by atoms with van der Waals surface area (Å²) >= 11 is 0. The summed E-state index contributed by atoms with van der Waals surface area (Å²) in [4.78, 5) is 16.2. The molecule has 0 spiro atoms. The van der Waals surface area contributed by atoms with Gasteiger partial charge < -0.3 is 14.5 Å². The molecular weight excluding hydrogens is 379 g/mol. The Labute approximate surface area is 152 Å². The molecule has 0 saturated heterocycles. The Morgan fingerprint density at radius 1 is 1.00 bits per heavy atom. The maximum atomic E-state index is 11.3. The molecule has 2 unspecified atom stereocenters. The van der Waals surface area contributed by atoms with Crippen LogP contribution in [0.1, 0.15) is 31.2 Å². The molecule has 2 rings (SSSR count). The van der Waals surface area contributed by atoms with Crippen molar-refractivity contribution < 1.29 is 32.1 Å². The predicted molar refractivity (Wildman–Crippen MR) is 98.0 cm³/mol. The molecule has 3 N–H and O–H groups in total. The van der Waals surface area contributed by atoms with Gasteiger partial charge in [0.2, 0.25) is 0 Å². The molecule has 0 aliphatic heterocycles. The summed E-state index contributed by atoms with van der Waals surface area (Å²) in [6, 6.07) is 16.4. The quantitative estimate of drug-likeness (QED) is 0.456. The molecule has 0 radical (unpaired) electrons. The lowest BCUT2D eigenvalue weighted by Crippen LogP contribution is -2.21. The summed E-state index contributed by atoms with van der Waals surface area (Å²) in [7, 11) is -9.80. The molecule has 2 aromatic carbocycles. The highest BCUT2D eigenvalue weighted by Crippen LogP contribution is 2.47. The zero-order chi connectivity index (χ0) is 19.4. The fourth-order valence-electron chi connectivity index (χ4n) is 2.56. The number of para-hydroxylation sites is 1. The third-order valence-corrected chi connectivity index (χ3v) is 7.53. The smallest absolute Gasteiger partial charge is 0.346 e. The van der Waals surface area contributed by atoms with Gasteiger partial charge in [0.05, 0.1) is 0 Å². The Balaban J connectivity index is 2.09. The molecule has 0 heterocycles. The molecule has 0 amide bonds. The lowest BCUT2D eigenvalue weighted by molar-refractivity contribution is 0.359. The summed E-state index contributed by atoms with van der Waals surface area (Å²) in [6.45, 7) is 1.81. The molecule has 2 atom stereocenters. The van der Waals surface area contributed by atoms with E-state index in [9.17, 15) is 13.0 Å². The van der Waals surface area contributed by atoms with Crippen LogP contribution >= 0.6 is 7.60 Å². The Kier molecular flexibility index (Phi) is 6.60. The monoisotopic (exact) mass is 400 g/mol. The molecule has 9 heteroatoms. The first-order valence-corrected chi connectivity index (χ1v) is 11.1. The van der Waals surface area contributed by atoms with Crippen LogP contribution in [0.15, 0.2) is 54.6 Å². The van der Waals surface area contributed by atoms with Crippen molar-refractivity contribution in [2.24, 2.45) is 0 Å². The van der Waals surface area contributed by atoms with E-state index in [0.717, 1.165) is 5.56 Å². The molecular formula is C17H21O7PS. The van der Waals surface area contributed by atoms with E-state index in [1.54, 1.807) is 18.2 Å². The van der Waals surface area contributed by atoms with Crippen molar-refractivity contribution in [1.29, 1.82) is 0 Å². The van der Waals surface area contributed by atoms with Crippen LogP contribution in [0, 0.1) is 0 Å². The number of rotatable bonds is 8. The lowest BCUT2D eigenvalue weighted by Gasteiger charge is -2.18. The van der Waals surface area contributed by atoms with Crippen molar-refractivity contribution in [2.45, 2.75) is 30.7 Å². The van der Waals surface area contributed by atoms with Gasteiger partial charge in [0.15, 0.2) is 4.99 Å². The molecule has 0 aliphatic rings. The summed E-state index contributed by atoms with van der Waals surface area (Å²) in [5.74, 6) is 1.08. The highest BCUT2D eigenvalue weighted by atomic mass is 32.2. The third kappa shape index (κ3) is 5.93. The largest absolute Gasteiger partial charge is 0.457 e. The highest BCUT2D eigenvalue weighted by Gasteiger charge is 2.39. The van der Waals surface area contributed by atoms with Gasteiger partial charge in [-0.25, -0.2) is 0 Å². The van der Waals surface area contributed by atoms with E-state index < -0.39 is 22.7 Å². The average Bonchev–Trinajstić information content (AvgIpc) is 2.53. The predicted octanol–water partition coefficient (Wildman–Crippen LogP) is 3.75. The van der Waals surface area contributed by atoms with Crippen molar-refractivity contribution in [3.8, 4) is 11.5 Å². The molecule has 142 valence electrons. The summed E-state index contributed by atoms with van der Waals surface area (Å²) in [6.07, 6.45) is -0.182. The lowest BCUT2D eigenvalue weighted by atomic mass is 9.96. The molecule has 7 nitrogen and oxygen atoms in total. The van der Waals surface area contributed by atoms with Crippen LogP contribution in [-0.4, -0.2) is 27.7 Å². The number of hydrogen-bond donors (Lipinski definition) is 3. The first-order chi connectivity index (χ1) is 12.1. The van der Waals surface area contributed by atoms with Crippen molar-refractivity contribution in [1.82, 2.24) is 0 Å². The van der Waals surface area contributed by atoms with Gasteiger partial charge in [0, 0.05) is 0 Å². The van der Waals surface area contributed by atoms with E-state index >= 15 is 0 Å². The van der Waals surface area contributed by atoms with E-state index in [-0.39, 0.29) is 18.8 Å². The topological polar surface area (TPSA) is 121 Å². The molecule has 0 fully saturated rings. The fraction of sp³-hybridized carbons (Fsp3) is 0.294. The second-order valence-corrected chi connectivity index (χ2v) is 9.77. The average molecular weight is 400 g/mol. The Hall–Kier alpha value is -1.70. The maximum Gasteiger partial charge on any atom is 0.346 e. The molecule has 0 aromatic heterocycles. The maximum absolute atomic E-state index is 11.3. The normalized spacial score (nSPS) is 14.6. The van der Waals surface area contributed by atoms with Crippen LogP contribution in [-0.2, 0) is 14.7 Å². The van der Waals surface area contributed by atoms with Gasteiger partial charge in [-0.15, -0.1) is 0 Å². The molecule has 26 heavy (non-hydrogen) atoms. The summed E-state index contributed by atoms with van der Waals surface area (Å²) in [5.41, 5.74) is 0.832. The second kappa shape index (κ2) is 8.33. The zero-order valence-electron chi connectivity index (χ0n) is 14.1. The van der Waals surface area contributed by atoms with E-state index in [4.69, 9.17) is 19.1 Å². The van der Waals surface area contributed by atoms with E-state index in [1.165, 1.54) is 0 Å². The van der Waals surface area contributed by atoms with Crippen molar-refractivity contribution >= 4 is 17.7 Å². The van der Waals surface area contributed by atoms with Crippen LogP contribution in [0.5, 0.6) is 11.5 Å². The standard InChI is InChI=1S/C17H21O7PS/c1-13(10-11-17(25(18,19)20)26(21,22)23)14-6-5-9-16(12-14)24-15-7-3-2-4-8-15/h2-9,12-13,17H,10-11H2,1H3,(H2,18,19,20)(H,21,22,23). The number of hydrogen-bond acceptors (Lipinski definition) is 4. The Bertz CT molecular complexity index is 877. The van der Waals surface area contributed by atoms with Gasteiger partial charge in [0.25, 0.3) is 10.1 Å². The van der Waals surface area contributed by atoms with Crippen molar-refractivity contribution in [3.05, 3.63) is 60.2 Å². The van der Waals surface area contributed by atoms with Gasteiger partial charge in [-0.2, -0.15) is 8.42 Å². The van der Waals surface area contributed by atoms with Gasteiger partial charge >= 0.3 is 7.60 Å².